The Morgan fingerprint density at radius 2 is 1.60 bits per heavy atom. The highest BCUT2D eigenvalue weighted by Crippen LogP contribution is 2.38. The van der Waals surface area contributed by atoms with Crippen molar-refractivity contribution in [3.05, 3.63) is 17.7 Å². The lowest BCUT2D eigenvalue weighted by molar-refractivity contribution is 0.343. The molecule has 114 valence electrons. The predicted octanol–water partition coefficient (Wildman–Crippen LogP) is 2.80. The van der Waals surface area contributed by atoms with Gasteiger partial charge in [-0.3, -0.25) is 11.3 Å². The number of methoxy groups -OCH3 is 3. The van der Waals surface area contributed by atoms with Gasteiger partial charge in [-0.15, -0.1) is 0 Å². The van der Waals surface area contributed by atoms with E-state index in [0.717, 1.165) is 24.2 Å². The van der Waals surface area contributed by atoms with Crippen molar-refractivity contribution in [2.24, 2.45) is 5.84 Å². The molecule has 1 aromatic carbocycles. The van der Waals surface area contributed by atoms with E-state index in [9.17, 15) is 0 Å². The van der Waals surface area contributed by atoms with Gasteiger partial charge in [-0.2, -0.15) is 0 Å². The third-order valence-electron chi connectivity index (χ3n) is 3.41. The van der Waals surface area contributed by atoms with Gasteiger partial charge in [0, 0.05) is 17.7 Å². The zero-order chi connectivity index (χ0) is 15.0. The van der Waals surface area contributed by atoms with Crippen LogP contribution in [0.4, 0.5) is 0 Å². The first-order valence-electron chi connectivity index (χ1n) is 6.97. The molecule has 0 heterocycles. The minimum Gasteiger partial charge on any atom is -0.496 e. The molecule has 20 heavy (non-hydrogen) atoms. The van der Waals surface area contributed by atoms with E-state index >= 15 is 0 Å². The lowest BCUT2D eigenvalue weighted by Crippen LogP contribution is -2.28. The van der Waals surface area contributed by atoms with Gasteiger partial charge >= 0.3 is 0 Å². The lowest BCUT2D eigenvalue weighted by atomic mass is 9.99. The van der Waals surface area contributed by atoms with Crippen molar-refractivity contribution in [1.82, 2.24) is 5.43 Å². The van der Waals surface area contributed by atoms with E-state index in [4.69, 9.17) is 20.1 Å². The van der Waals surface area contributed by atoms with E-state index in [1.54, 1.807) is 21.3 Å². The molecule has 1 atom stereocenters. The summed E-state index contributed by atoms with van der Waals surface area (Å²) in [5, 5.41) is 0. The van der Waals surface area contributed by atoms with Crippen LogP contribution in [0.5, 0.6) is 17.2 Å². The van der Waals surface area contributed by atoms with Crippen molar-refractivity contribution in [1.29, 1.82) is 0 Å². The Balaban J connectivity index is 3.05. The van der Waals surface area contributed by atoms with Crippen LogP contribution < -0.4 is 25.5 Å². The van der Waals surface area contributed by atoms with Gasteiger partial charge in [0.1, 0.15) is 5.75 Å². The van der Waals surface area contributed by atoms with Crippen molar-refractivity contribution >= 4 is 0 Å². The average Bonchev–Trinajstić information content (AvgIpc) is 2.50. The predicted molar refractivity (Wildman–Crippen MR) is 80.3 cm³/mol. The fourth-order valence-corrected chi connectivity index (χ4v) is 2.25. The summed E-state index contributed by atoms with van der Waals surface area (Å²) >= 11 is 0. The van der Waals surface area contributed by atoms with Gasteiger partial charge in [-0.1, -0.05) is 26.2 Å². The topological polar surface area (TPSA) is 65.7 Å². The number of nitrogens with two attached hydrogens (primary N) is 1. The second-order valence-electron chi connectivity index (χ2n) is 4.66. The highest BCUT2D eigenvalue weighted by atomic mass is 16.5. The monoisotopic (exact) mass is 282 g/mol. The molecular formula is C15H26N2O3. The molecule has 0 saturated heterocycles. The number of hydrogen-bond acceptors (Lipinski definition) is 5. The molecule has 0 aliphatic rings. The Labute approximate surface area is 121 Å². The van der Waals surface area contributed by atoms with Gasteiger partial charge in [0.15, 0.2) is 11.5 Å². The molecule has 5 nitrogen and oxygen atoms in total. The molecule has 0 amide bonds. The molecular weight excluding hydrogens is 256 g/mol. The Morgan fingerprint density at radius 1 is 1.00 bits per heavy atom. The summed E-state index contributed by atoms with van der Waals surface area (Å²) < 4.78 is 16.1. The normalized spacial score (nSPS) is 12.1. The summed E-state index contributed by atoms with van der Waals surface area (Å²) in [7, 11) is 4.87. The Morgan fingerprint density at radius 3 is 2.10 bits per heavy atom. The average molecular weight is 282 g/mol. The highest BCUT2D eigenvalue weighted by molar-refractivity contribution is 5.51. The summed E-state index contributed by atoms with van der Waals surface area (Å²) in [6.07, 6.45) is 4.44. The summed E-state index contributed by atoms with van der Waals surface area (Å²) in [5.41, 5.74) is 3.85. The van der Waals surface area contributed by atoms with Crippen molar-refractivity contribution in [2.45, 2.75) is 38.6 Å². The molecule has 5 heteroatoms. The number of unbranched alkanes of at least 4 members (excludes halogenated alkanes) is 2. The molecule has 0 saturated carbocycles. The van der Waals surface area contributed by atoms with Crippen LogP contribution in [0.3, 0.4) is 0 Å². The van der Waals surface area contributed by atoms with E-state index in [1.165, 1.54) is 12.8 Å². The van der Waals surface area contributed by atoms with E-state index in [0.29, 0.717) is 11.5 Å². The smallest absolute Gasteiger partial charge is 0.164 e. The van der Waals surface area contributed by atoms with Crippen molar-refractivity contribution in [3.63, 3.8) is 0 Å². The first-order chi connectivity index (χ1) is 9.71. The zero-order valence-corrected chi connectivity index (χ0v) is 12.9. The molecule has 0 fully saturated rings. The number of benzene rings is 1. The van der Waals surface area contributed by atoms with E-state index in [1.807, 2.05) is 12.1 Å². The minimum absolute atomic E-state index is 0.0382. The van der Waals surface area contributed by atoms with Crippen LogP contribution in [0.15, 0.2) is 12.1 Å². The quantitative estimate of drug-likeness (QED) is 0.414. The number of hydrogen-bond donors (Lipinski definition) is 2. The maximum atomic E-state index is 5.70. The maximum Gasteiger partial charge on any atom is 0.164 e. The van der Waals surface area contributed by atoms with Crippen LogP contribution in [0.25, 0.3) is 0 Å². The molecule has 0 bridgehead atoms. The highest BCUT2D eigenvalue weighted by Gasteiger charge is 2.18. The summed E-state index contributed by atoms with van der Waals surface area (Å²) in [5.74, 6) is 7.78. The van der Waals surface area contributed by atoms with Gasteiger partial charge in [-0.05, 0) is 12.5 Å². The van der Waals surface area contributed by atoms with Crippen LogP contribution in [0, 0.1) is 0 Å². The van der Waals surface area contributed by atoms with Crippen molar-refractivity contribution < 1.29 is 14.2 Å². The molecule has 1 rings (SSSR count). The molecule has 3 N–H and O–H groups in total. The van der Waals surface area contributed by atoms with Gasteiger partial charge in [-0.25, -0.2) is 0 Å². The largest absolute Gasteiger partial charge is 0.496 e. The first kappa shape index (κ1) is 16.6. The number of rotatable bonds is 9. The van der Waals surface area contributed by atoms with E-state index < -0.39 is 0 Å². The van der Waals surface area contributed by atoms with E-state index in [2.05, 4.69) is 12.3 Å². The van der Waals surface area contributed by atoms with Crippen LogP contribution >= 0.6 is 0 Å². The van der Waals surface area contributed by atoms with Crippen molar-refractivity contribution in [2.75, 3.05) is 21.3 Å². The number of hydrazine groups is 1. The Kier molecular flexibility index (Phi) is 7.18. The Hall–Kier alpha value is -1.46. The zero-order valence-electron chi connectivity index (χ0n) is 12.9. The molecule has 0 aliphatic carbocycles. The van der Waals surface area contributed by atoms with Gasteiger partial charge in [0.25, 0.3) is 0 Å². The van der Waals surface area contributed by atoms with Gasteiger partial charge in [0.2, 0.25) is 0 Å². The minimum atomic E-state index is 0.0382. The SMILES string of the molecule is CCCCCC(NN)c1cc(OC)c(OC)cc1OC. The summed E-state index contributed by atoms with van der Waals surface area (Å²) in [4.78, 5) is 0. The molecule has 1 aromatic rings. The van der Waals surface area contributed by atoms with Crippen LogP contribution in [-0.4, -0.2) is 21.3 Å². The fourth-order valence-electron chi connectivity index (χ4n) is 2.25. The van der Waals surface area contributed by atoms with Crippen LogP contribution in [0.1, 0.15) is 44.2 Å². The third-order valence-corrected chi connectivity index (χ3v) is 3.41. The third kappa shape index (κ3) is 4.02. The summed E-state index contributed by atoms with van der Waals surface area (Å²) in [6.45, 7) is 2.18. The lowest BCUT2D eigenvalue weighted by Gasteiger charge is -2.21. The standard InChI is InChI=1S/C15H26N2O3/c1-5-6-7-8-12(17-16)11-9-14(19-3)15(20-4)10-13(11)18-2/h9-10,12,17H,5-8,16H2,1-4H3. The molecule has 0 aromatic heterocycles. The fraction of sp³-hybridized carbons (Fsp3) is 0.600. The van der Waals surface area contributed by atoms with Crippen molar-refractivity contribution in [3.8, 4) is 17.2 Å². The second-order valence-corrected chi connectivity index (χ2v) is 4.66. The molecule has 1 unspecified atom stereocenters. The van der Waals surface area contributed by atoms with Crippen LogP contribution in [-0.2, 0) is 0 Å². The van der Waals surface area contributed by atoms with Gasteiger partial charge < -0.3 is 14.2 Å². The second kappa shape index (κ2) is 8.66. The molecule has 0 aliphatic heterocycles. The molecule has 0 radical (unpaired) electrons. The first-order valence-corrected chi connectivity index (χ1v) is 6.97. The van der Waals surface area contributed by atoms with Gasteiger partial charge in [0.05, 0.1) is 21.3 Å². The van der Waals surface area contributed by atoms with Crippen LogP contribution in [0.2, 0.25) is 0 Å². The number of ether oxygens (including phenoxy) is 3. The molecule has 0 spiro atoms. The summed E-state index contributed by atoms with van der Waals surface area (Å²) in [6, 6.07) is 3.79. The van der Waals surface area contributed by atoms with E-state index in [-0.39, 0.29) is 6.04 Å². The number of nitrogens with one attached hydrogen (secondary N) is 1. The maximum absolute atomic E-state index is 5.70. The Bertz CT molecular complexity index is 410.